The molecular formula is C12H14Br2N4O3. The first-order valence-electron chi connectivity index (χ1n) is 6.14. The predicted molar refractivity (Wildman–Crippen MR) is 84.3 cm³/mol. The highest BCUT2D eigenvalue weighted by atomic mass is 79.9. The van der Waals surface area contributed by atoms with Crippen molar-refractivity contribution in [3.63, 3.8) is 0 Å². The first-order valence-corrected chi connectivity index (χ1v) is 7.72. The van der Waals surface area contributed by atoms with E-state index in [1.807, 2.05) is 0 Å². The van der Waals surface area contributed by atoms with E-state index in [1.165, 1.54) is 0 Å². The maximum absolute atomic E-state index is 11.9. The number of halogens is 2. The number of aromatic amines is 3. The summed E-state index contributed by atoms with van der Waals surface area (Å²) >= 11 is 6.58. The van der Waals surface area contributed by atoms with Crippen molar-refractivity contribution in [2.45, 2.75) is 12.5 Å². The lowest BCUT2D eigenvalue weighted by atomic mass is 10.2. The van der Waals surface area contributed by atoms with Crippen LogP contribution in [0.4, 0.5) is 0 Å². The number of ether oxygens (including phenoxy) is 1. The highest BCUT2D eigenvalue weighted by Crippen LogP contribution is 2.23. The Morgan fingerprint density at radius 3 is 2.71 bits per heavy atom. The summed E-state index contributed by atoms with van der Waals surface area (Å²) in [5.41, 5.74) is 0.831. The molecule has 21 heavy (non-hydrogen) atoms. The van der Waals surface area contributed by atoms with E-state index >= 15 is 0 Å². The van der Waals surface area contributed by atoms with Gasteiger partial charge in [-0.25, -0.2) is 4.79 Å². The van der Waals surface area contributed by atoms with Crippen LogP contribution in [-0.4, -0.2) is 34.5 Å². The Balaban J connectivity index is 1.88. The zero-order chi connectivity index (χ0) is 15.4. The van der Waals surface area contributed by atoms with Crippen LogP contribution in [0.15, 0.2) is 26.1 Å². The molecule has 0 aromatic carbocycles. The number of rotatable bonds is 6. The fourth-order valence-corrected chi connectivity index (χ4v) is 2.51. The fourth-order valence-electron chi connectivity index (χ4n) is 1.86. The van der Waals surface area contributed by atoms with E-state index in [4.69, 9.17) is 4.74 Å². The van der Waals surface area contributed by atoms with Gasteiger partial charge < -0.3 is 25.0 Å². The largest absolute Gasteiger partial charge is 0.375 e. The number of hydrogen-bond acceptors (Lipinski definition) is 3. The summed E-state index contributed by atoms with van der Waals surface area (Å²) in [7, 11) is 1.55. The number of nitrogens with one attached hydrogen (secondary N) is 4. The molecule has 2 rings (SSSR count). The van der Waals surface area contributed by atoms with Gasteiger partial charge in [-0.2, -0.15) is 0 Å². The van der Waals surface area contributed by atoms with Gasteiger partial charge in [0.15, 0.2) is 0 Å². The molecule has 114 valence electrons. The Morgan fingerprint density at radius 2 is 2.19 bits per heavy atom. The number of aromatic nitrogens is 3. The molecule has 7 nitrogen and oxygen atoms in total. The van der Waals surface area contributed by atoms with Gasteiger partial charge in [0.1, 0.15) is 11.8 Å². The third kappa shape index (κ3) is 4.08. The molecule has 1 atom stereocenters. The zero-order valence-electron chi connectivity index (χ0n) is 11.1. The van der Waals surface area contributed by atoms with E-state index in [0.717, 1.165) is 4.47 Å². The average Bonchev–Trinajstić information content (AvgIpc) is 3.02. The lowest BCUT2D eigenvalue weighted by Gasteiger charge is -2.13. The minimum absolute atomic E-state index is 0.209. The molecule has 1 unspecified atom stereocenters. The Morgan fingerprint density at radius 1 is 1.43 bits per heavy atom. The van der Waals surface area contributed by atoms with Crippen LogP contribution in [0, 0.1) is 0 Å². The third-order valence-corrected chi connectivity index (χ3v) is 4.69. The molecule has 0 bridgehead atoms. The van der Waals surface area contributed by atoms with Crippen LogP contribution in [0.25, 0.3) is 0 Å². The van der Waals surface area contributed by atoms with E-state index in [0.29, 0.717) is 29.0 Å². The van der Waals surface area contributed by atoms with Crippen LogP contribution in [-0.2, 0) is 4.74 Å². The molecule has 0 saturated heterocycles. The van der Waals surface area contributed by atoms with Gasteiger partial charge >= 0.3 is 5.69 Å². The number of carbonyl (C=O) groups is 1. The molecule has 0 aliphatic heterocycles. The smallest absolute Gasteiger partial charge is 0.323 e. The molecule has 2 aromatic rings. The van der Waals surface area contributed by atoms with E-state index < -0.39 is 0 Å². The summed E-state index contributed by atoms with van der Waals surface area (Å²) in [6, 6.07) is 1.69. The van der Waals surface area contributed by atoms with Gasteiger partial charge in [0, 0.05) is 19.9 Å². The van der Waals surface area contributed by atoms with Crippen molar-refractivity contribution >= 4 is 37.8 Å². The van der Waals surface area contributed by atoms with E-state index in [1.54, 1.807) is 19.4 Å². The molecule has 0 spiro atoms. The maximum atomic E-state index is 11.9. The molecule has 0 saturated carbocycles. The third-order valence-electron chi connectivity index (χ3n) is 2.91. The van der Waals surface area contributed by atoms with Crippen molar-refractivity contribution in [2.75, 3.05) is 13.7 Å². The van der Waals surface area contributed by atoms with Crippen LogP contribution in [0.1, 0.15) is 28.7 Å². The van der Waals surface area contributed by atoms with E-state index in [2.05, 4.69) is 52.1 Å². The number of methoxy groups -OCH3 is 1. The van der Waals surface area contributed by atoms with Crippen LogP contribution in [0.3, 0.4) is 0 Å². The first kappa shape index (κ1) is 16.1. The van der Waals surface area contributed by atoms with Crippen LogP contribution >= 0.6 is 31.9 Å². The van der Waals surface area contributed by atoms with Crippen molar-refractivity contribution in [3.05, 3.63) is 43.2 Å². The summed E-state index contributed by atoms with van der Waals surface area (Å²) in [5, 5.41) is 2.79. The van der Waals surface area contributed by atoms with Gasteiger partial charge in [-0.3, -0.25) is 4.79 Å². The molecule has 2 heterocycles. The van der Waals surface area contributed by atoms with E-state index in [9.17, 15) is 9.59 Å². The number of imidazole rings is 1. The molecule has 9 heteroatoms. The Labute approximate surface area is 137 Å². The molecule has 0 aliphatic carbocycles. The first-order chi connectivity index (χ1) is 10.0. The Kier molecular flexibility index (Phi) is 5.43. The van der Waals surface area contributed by atoms with Crippen LogP contribution in [0.5, 0.6) is 0 Å². The molecule has 1 amide bonds. The number of H-pyrrole nitrogens is 3. The fraction of sp³-hybridized carbons (Fsp3) is 0.333. The highest BCUT2D eigenvalue weighted by molar-refractivity contribution is 9.13. The van der Waals surface area contributed by atoms with Gasteiger partial charge in [0.05, 0.1) is 14.8 Å². The quantitative estimate of drug-likeness (QED) is 0.573. The summed E-state index contributed by atoms with van der Waals surface area (Å²) in [4.78, 5) is 31.1. The maximum Gasteiger partial charge on any atom is 0.323 e. The van der Waals surface area contributed by atoms with Crippen molar-refractivity contribution in [3.8, 4) is 0 Å². The topological polar surface area (TPSA) is 103 Å². The Hall–Kier alpha value is -1.32. The number of hydrogen-bond donors (Lipinski definition) is 4. The molecule has 4 N–H and O–H groups in total. The summed E-state index contributed by atoms with van der Waals surface area (Å²) < 4.78 is 6.80. The van der Waals surface area contributed by atoms with Gasteiger partial charge in [-0.15, -0.1) is 0 Å². The summed E-state index contributed by atoms with van der Waals surface area (Å²) in [6.07, 6.45) is 1.82. The minimum Gasteiger partial charge on any atom is -0.375 e. The van der Waals surface area contributed by atoms with Gasteiger partial charge in [-0.05, 0) is 44.3 Å². The van der Waals surface area contributed by atoms with Crippen molar-refractivity contribution in [1.82, 2.24) is 20.3 Å². The zero-order valence-corrected chi connectivity index (χ0v) is 14.3. The van der Waals surface area contributed by atoms with E-state index in [-0.39, 0.29) is 17.7 Å². The Bertz CT molecular complexity index is 657. The molecule has 0 aliphatic rings. The second kappa shape index (κ2) is 7.10. The van der Waals surface area contributed by atoms with Gasteiger partial charge in [-0.1, -0.05) is 0 Å². The average molecular weight is 422 g/mol. The minimum atomic E-state index is -0.286. The number of carbonyl (C=O) groups excluding carboxylic acids is 1. The van der Waals surface area contributed by atoms with Crippen LogP contribution in [0.2, 0.25) is 0 Å². The number of amides is 1. The molecule has 0 fully saturated rings. The molecule has 0 radical (unpaired) electrons. The summed E-state index contributed by atoms with van der Waals surface area (Å²) in [5.74, 6) is -0.209. The standard InChI is InChI=1S/C12H14Br2N4O3/c1-21-9(8-5-16-12(20)18-8)2-3-15-11(19)7-4-6(13)10(14)17-7/h4-5,9,17H,2-3H2,1H3,(H,15,19)(H2,16,18,20). The predicted octanol–water partition coefficient (Wildman–Crippen LogP) is 2.06. The lowest BCUT2D eigenvalue weighted by Crippen LogP contribution is -2.26. The normalized spacial score (nSPS) is 12.3. The second-order valence-electron chi connectivity index (χ2n) is 4.31. The SMILES string of the molecule is COC(CCNC(=O)c1cc(Br)c(Br)[nH]1)c1c[nH]c(=O)[nH]1. The second-order valence-corrected chi connectivity index (χ2v) is 5.96. The van der Waals surface area contributed by atoms with Crippen molar-refractivity contribution < 1.29 is 9.53 Å². The molecule has 2 aromatic heterocycles. The van der Waals surface area contributed by atoms with Crippen molar-refractivity contribution in [1.29, 1.82) is 0 Å². The molecular weight excluding hydrogens is 408 g/mol. The monoisotopic (exact) mass is 420 g/mol. The summed E-state index contributed by atoms with van der Waals surface area (Å²) in [6.45, 7) is 0.415. The van der Waals surface area contributed by atoms with Gasteiger partial charge in [0.25, 0.3) is 5.91 Å². The van der Waals surface area contributed by atoms with Gasteiger partial charge in [0.2, 0.25) is 0 Å². The lowest BCUT2D eigenvalue weighted by molar-refractivity contribution is 0.0854. The van der Waals surface area contributed by atoms with Crippen molar-refractivity contribution in [2.24, 2.45) is 0 Å². The highest BCUT2D eigenvalue weighted by Gasteiger charge is 2.14. The van der Waals surface area contributed by atoms with Crippen LogP contribution < -0.4 is 11.0 Å².